The van der Waals surface area contributed by atoms with Crippen molar-refractivity contribution in [1.29, 1.82) is 0 Å². The van der Waals surface area contributed by atoms with E-state index in [0.29, 0.717) is 18.7 Å². The van der Waals surface area contributed by atoms with Gasteiger partial charge in [-0.2, -0.15) is 0 Å². The molecular weight excluding hydrogens is 502 g/mol. The van der Waals surface area contributed by atoms with E-state index in [9.17, 15) is 18.0 Å². The Morgan fingerprint density at radius 3 is 2.16 bits per heavy atom. The first-order chi connectivity index (χ1) is 18.3. The molecule has 1 unspecified atom stereocenters. The maximum Gasteiger partial charge on any atom is 0.264 e. The van der Waals surface area contributed by atoms with E-state index in [2.05, 4.69) is 5.32 Å². The summed E-state index contributed by atoms with van der Waals surface area (Å²) in [6, 6.07) is 23.4. The predicted octanol–water partition coefficient (Wildman–Crippen LogP) is 3.88. The van der Waals surface area contributed by atoms with Crippen molar-refractivity contribution < 1.29 is 22.7 Å². The lowest BCUT2D eigenvalue weighted by atomic mass is 10.1. The largest absolute Gasteiger partial charge is 0.495 e. The molecule has 0 aliphatic heterocycles. The smallest absolute Gasteiger partial charge is 0.264 e. The molecule has 1 N–H and O–H groups in total. The summed E-state index contributed by atoms with van der Waals surface area (Å²) in [6.07, 6.45) is 1.27. The van der Waals surface area contributed by atoms with Crippen LogP contribution in [-0.2, 0) is 26.0 Å². The lowest BCUT2D eigenvalue weighted by molar-refractivity contribution is -0.138. The number of anilines is 1. The Bertz CT molecular complexity index is 1300. The maximum atomic E-state index is 13.8. The Morgan fingerprint density at radius 2 is 1.53 bits per heavy atom. The molecule has 0 aliphatic carbocycles. The van der Waals surface area contributed by atoms with Gasteiger partial charge in [-0.05, 0) is 49.6 Å². The third-order valence-electron chi connectivity index (χ3n) is 6.16. The summed E-state index contributed by atoms with van der Waals surface area (Å²) in [5.41, 5.74) is 1.24. The predicted molar refractivity (Wildman–Crippen MR) is 149 cm³/mol. The van der Waals surface area contributed by atoms with Crippen LogP contribution in [0.4, 0.5) is 5.69 Å². The molecule has 0 aliphatic rings. The standard InChI is InChI=1S/C29H35N3O5S/c1-4-20-30-29(34)23(2)31(21-19-24-13-7-5-8-14-24)28(33)22-32(26-17-11-12-18-27(26)37-3)38(35,36)25-15-9-6-10-16-25/h5-18,23H,4,19-22H2,1-3H3,(H,30,34). The number of hydrogen-bond donors (Lipinski definition) is 1. The number of methoxy groups -OCH3 is 1. The van der Waals surface area contributed by atoms with Crippen LogP contribution in [0.5, 0.6) is 5.75 Å². The summed E-state index contributed by atoms with van der Waals surface area (Å²) in [7, 11) is -2.69. The molecule has 0 aromatic heterocycles. The average molecular weight is 538 g/mol. The second-order valence-electron chi connectivity index (χ2n) is 8.79. The summed E-state index contributed by atoms with van der Waals surface area (Å²) in [5.74, 6) is -0.474. The Hall–Kier alpha value is -3.85. The molecule has 9 heteroatoms. The molecule has 0 radical (unpaired) electrons. The van der Waals surface area contributed by atoms with Gasteiger partial charge >= 0.3 is 0 Å². The number of carbonyl (C=O) groups excluding carboxylic acids is 2. The lowest BCUT2D eigenvalue weighted by Crippen LogP contribution is -2.52. The van der Waals surface area contributed by atoms with Gasteiger partial charge in [0.15, 0.2) is 0 Å². The van der Waals surface area contributed by atoms with Gasteiger partial charge in [0.1, 0.15) is 18.3 Å². The fraction of sp³-hybridized carbons (Fsp3) is 0.310. The molecule has 0 saturated carbocycles. The zero-order valence-corrected chi connectivity index (χ0v) is 22.9. The van der Waals surface area contributed by atoms with E-state index >= 15 is 0 Å². The second kappa shape index (κ2) is 13.6. The Labute approximate surface area is 225 Å². The highest BCUT2D eigenvalue weighted by atomic mass is 32.2. The number of para-hydroxylation sites is 2. The van der Waals surface area contributed by atoms with E-state index in [0.717, 1.165) is 16.3 Å². The Kier molecular flexibility index (Phi) is 10.3. The van der Waals surface area contributed by atoms with Crippen molar-refractivity contribution in [2.75, 3.05) is 31.0 Å². The van der Waals surface area contributed by atoms with Crippen LogP contribution in [0.1, 0.15) is 25.8 Å². The molecule has 3 aromatic rings. The molecule has 0 fully saturated rings. The van der Waals surface area contributed by atoms with Crippen LogP contribution in [0.25, 0.3) is 0 Å². The number of nitrogens with zero attached hydrogens (tertiary/aromatic N) is 2. The summed E-state index contributed by atoms with van der Waals surface area (Å²) in [6.45, 7) is 3.84. The van der Waals surface area contributed by atoms with E-state index in [1.165, 1.54) is 24.1 Å². The number of hydrogen-bond acceptors (Lipinski definition) is 5. The van der Waals surface area contributed by atoms with Crippen molar-refractivity contribution in [2.24, 2.45) is 0 Å². The highest BCUT2D eigenvalue weighted by Crippen LogP contribution is 2.32. The van der Waals surface area contributed by atoms with E-state index < -0.39 is 28.5 Å². The number of sulfonamides is 1. The normalized spacial score (nSPS) is 11.9. The maximum absolute atomic E-state index is 13.8. The molecule has 0 heterocycles. The molecule has 2 amide bonds. The van der Waals surface area contributed by atoms with Crippen LogP contribution in [0.2, 0.25) is 0 Å². The molecule has 3 rings (SSSR count). The quantitative estimate of drug-likeness (QED) is 0.357. The molecule has 0 bridgehead atoms. The minimum atomic E-state index is -4.14. The van der Waals surface area contributed by atoms with Gasteiger partial charge in [0, 0.05) is 13.1 Å². The first-order valence-electron chi connectivity index (χ1n) is 12.6. The minimum absolute atomic E-state index is 0.0447. The third-order valence-corrected chi connectivity index (χ3v) is 7.94. The van der Waals surface area contributed by atoms with Crippen LogP contribution in [0, 0.1) is 0 Å². The van der Waals surface area contributed by atoms with Gasteiger partial charge < -0.3 is 15.0 Å². The van der Waals surface area contributed by atoms with Crippen LogP contribution < -0.4 is 14.4 Å². The van der Waals surface area contributed by atoms with Gasteiger partial charge in [-0.1, -0.05) is 67.6 Å². The third kappa shape index (κ3) is 7.13. The van der Waals surface area contributed by atoms with Crippen molar-refractivity contribution in [3.05, 3.63) is 90.5 Å². The topological polar surface area (TPSA) is 96.0 Å². The van der Waals surface area contributed by atoms with Crippen molar-refractivity contribution in [3.8, 4) is 5.75 Å². The molecule has 202 valence electrons. The molecule has 1 atom stereocenters. The molecular formula is C29H35N3O5S. The molecule has 8 nitrogen and oxygen atoms in total. The fourth-order valence-electron chi connectivity index (χ4n) is 4.03. The molecule has 3 aromatic carbocycles. The first-order valence-corrected chi connectivity index (χ1v) is 14.1. The van der Waals surface area contributed by atoms with Gasteiger partial charge in [0.2, 0.25) is 11.8 Å². The van der Waals surface area contributed by atoms with Crippen LogP contribution in [0.15, 0.2) is 89.8 Å². The second-order valence-corrected chi connectivity index (χ2v) is 10.6. The summed E-state index contributed by atoms with van der Waals surface area (Å²) in [4.78, 5) is 28.2. The molecule has 0 spiro atoms. The molecule has 0 saturated heterocycles. The van der Waals surface area contributed by atoms with E-state index in [1.807, 2.05) is 37.3 Å². The van der Waals surface area contributed by atoms with Crippen molar-refractivity contribution in [1.82, 2.24) is 10.2 Å². The average Bonchev–Trinajstić information content (AvgIpc) is 2.95. The highest BCUT2D eigenvalue weighted by Gasteiger charge is 2.33. The van der Waals surface area contributed by atoms with E-state index in [1.54, 1.807) is 49.4 Å². The van der Waals surface area contributed by atoms with Crippen molar-refractivity contribution in [3.63, 3.8) is 0 Å². The zero-order chi connectivity index (χ0) is 27.5. The number of carbonyl (C=O) groups is 2. The Balaban J connectivity index is 1.99. The lowest BCUT2D eigenvalue weighted by Gasteiger charge is -2.32. The molecule has 38 heavy (non-hydrogen) atoms. The highest BCUT2D eigenvalue weighted by molar-refractivity contribution is 7.92. The van der Waals surface area contributed by atoms with Crippen molar-refractivity contribution >= 4 is 27.5 Å². The zero-order valence-electron chi connectivity index (χ0n) is 22.0. The van der Waals surface area contributed by atoms with Crippen molar-refractivity contribution in [2.45, 2.75) is 37.6 Å². The summed E-state index contributed by atoms with van der Waals surface area (Å²) in [5, 5.41) is 2.84. The number of rotatable bonds is 13. The Morgan fingerprint density at radius 1 is 0.921 bits per heavy atom. The summed E-state index contributed by atoms with van der Waals surface area (Å²) < 4.78 is 34.1. The van der Waals surface area contributed by atoms with Gasteiger partial charge in [-0.25, -0.2) is 8.42 Å². The number of ether oxygens (including phenoxy) is 1. The monoisotopic (exact) mass is 537 g/mol. The van der Waals surface area contributed by atoms with E-state index in [4.69, 9.17) is 4.74 Å². The number of amides is 2. The summed E-state index contributed by atoms with van der Waals surface area (Å²) >= 11 is 0. The minimum Gasteiger partial charge on any atom is -0.495 e. The number of nitrogens with one attached hydrogen (secondary N) is 1. The van der Waals surface area contributed by atoms with E-state index in [-0.39, 0.29) is 23.0 Å². The SMILES string of the molecule is CCCNC(=O)C(C)N(CCc1ccccc1)C(=O)CN(c1ccccc1OC)S(=O)(=O)c1ccccc1. The van der Waals surface area contributed by atoms with Gasteiger partial charge in [-0.15, -0.1) is 0 Å². The number of benzene rings is 3. The van der Waals surface area contributed by atoms with Gasteiger partial charge in [0.25, 0.3) is 10.0 Å². The van der Waals surface area contributed by atoms with Gasteiger partial charge in [-0.3, -0.25) is 13.9 Å². The van der Waals surface area contributed by atoms with Crippen LogP contribution in [0.3, 0.4) is 0 Å². The first kappa shape index (κ1) is 28.7. The van der Waals surface area contributed by atoms with Crippen LogP contribution >= 0.6 is 0 Å². The van der Waals surface area contributed by atoms with Crippen LogP contribution in [-0.4, -0.2) is 57.9 Å². The van der Waals surface area contributed by atoms with Gasteiger partial charge in [0.05, 0.1) is 17.7 Å². The fourth-order valence-corrected chi connectivity index (χ4v) is 5.48.